The predicted octanol–water partition coefficient (Wildman–Crippen LogP) is 3.65. The fourth-order valence-corrected chi connectivity index (χ4v) is 3.82. The molecule has 0 aliphatic carbocycles. The first-order valence-electron chi connectivity index (χ1n) is 10.7. The van der Waals surface area contributed by atoms with Gasteiger partial charge in [-0.15, -0.1) is 0 Å². The van der Waals surface area contributed by atoms with Gasteiger partial charge in [-0.25, -0.2) is 0 Å². The molecule has 1 aliphatic heterocycles. The van der Waals surface area contributed by atoms with Crippen LogP contribution in [0.25, 0.3) is 5.76 Å². The van der Waals surface area contributed by atoms with Gasteiger partial charge in [-0.2, -0.15) is 0 Å². The molecule has 2 aromatic carbocycles. The maximum absolute atomic E-state index is 13.0. The smallest absolute Gasteiger partial charge is 0.295 e. The molecule has 1 heterocycles. The number of Topliss-reactive ketones (excluding diaryl/α,β-unsaturated/α-hetero) is 1. The predicted molar refractivity (Wildman–Crippen MR) is 122 cm³/mol. The Morgan fingerprint density at radius 1 is 1.09 bits per heavy atom. The first-order valence-corrected chi connectivity index (χ1v) is 10.7. The number of aromatic hydroxyl groups is 1. The van der Waals surface area contributed by atoms with Crippen molar-refractivity contribution in [2.45, 2.75) is 32.4 Å². The highest BCUT2D eigenvalue weighted by Crippen LogP contribution is 2.41. The van der Waals surface area contributed by atoms with Crippen LogP contribution in [0.1, 0.15) is 37.4 Å². The van der Waals surface area contributed by atoms with E-state index in [4.69, 9.17) is 14.2 Å². The molecule has 1 saturated heterocycles. The van der Waals surface area contributed by atoms with Gasteiger partial charge in [-0.05, 0) is 62.2 Å². The number of ketones is 1. The second kappa shape index (κ2) is 10.4. The van der Waals surface area contributed by atoms with Crippen LogP contribution in [0.5, 0.6) is 17.2 Å². The van der Waals surface area contributed by atoms with Crippen LogP contribution in [-0.2, 0) is 14.3 Å². The number of aliphatic hydroxyl groups excluding tert-OH is 1. The first-order chi connectivity index (χ1) is 15.8. The van der Waals surface area contributed by atoms with Gasteiger partial charge in [0.25, 0.3) is 11.7 Å². The maximum Gasteiger partial charge on any atom is 0.295 e. The van der Waals surface area contributed by atoms with Crippen LogP contribution in [0.3, 0.4) is 0 Å². The molecule has 0 spiro atoms. The summed E-state index contributed by atoms with van der Waals surface area (Å²) in [5, 5.41) is 21.1. The highest BCUT2D eigenvalue weighted by Gasteiger charge is 2.46. The molecule has 8 heteroatoms. The van der Waals surface area contributed by atoms with Crippen molar-refractivity contribution in [2.75, 3.05) is 27.4 Å². The van der Waals surface area contributed by atoms with Crippen molar-refractivity contribution < 1.29 is 34.0 Å². The molecule has 3 rings (SSSR count). The summed E-state index contributed by atoms with van der Waals surface area (Å²) in [4.78, 5) is 27.4. The standard InChI is InChI=1S/C25H29NO7/c1-15(2)33-18-9-6-16(7-10-18)23(28)21-22(17-8-11-19(27)20(14-17)32-4)26(12-5-13-31-3)25(30)24(21)29/h6-11,14-15,22,27-28H,5,12-13H2,1-4H3/b23-21-. The van der Waals surface area contributed by atoms with Crippen LogP contribution in [0.15, 0.2) is 48.0 Å². The number of aliphatic hydroxyl groups is 1. The number of likely N-dealkylation sites (tertiary alicyclic amines) is 1. The van der Waals surface area contributed by atoms with Gasteiger partial charge in [-0.1, -0.05) is 6.07 Å². The second-order valence-corrected chi connectivity index (χ2v) is 7.96. The van der Waals surface area contributed by atoms with Crippen LogP contribution in [0, 0.1) is 0 Å². The zero-order valence-corrected chi connectivity index (χ0v) is 19.2. The van der Waals surface area contributed by atoms with Crippen molar-refractivity contribution in [2.24, 2.45) is 0 Å². The van der Waals surface area contributed by atoms with E-state index in [1.165, 1.54) is 18.1 Å². The lowest BCUT2D eigenvalue weighted by Crippen LogP contribution is -2.31. The number of phenolic OH excluding ortho intramolecular Hbond substituents is 1. The molecule has 0 saturated carbocycles. The molecule has 1 fully saturated rings. The lowest BCUT2D eigenvalue weighted by molar-refractivity contribution is -0.140. The number of hydrogen-bond acceptors (Lipinski definition) is 7. The topological polar surface area (TPSA) is 106 Å². The second-order valence-electron chi connectivity index (χ2n) is 7.96. The van der Waals surface area contributed by atoms with Crippen molar-refractivity contribution in [3.63, 3.8) is 0 Å². The Balaban J connectivity index is 2.09. The van der Waals surface area contributed by atoms with E-state index in [0.717, 1.165) is 0 Å². The summed E-state index contributed by atoms with van der Waals surface area (Å²) in [6, 6.07) is 10.4. The Kier molecular flexibility index (Phi) is 7.60. The number of amides is 1. The molecule has 8 nitrogen and oxygen atoms in total. The summed E-state index contributed by atoms with van der Waals surface area (Å²) in [6.45, 7) is 4.48. The van der Waals surface area contributed by atoms with E-state index in [9.17, 15) is 19.8 Å². The molecule has 1 aliphatic rings. The number of carbonyl (C=O) groups excluding carboxylic acids is 2. The SMILES string of the molecule is COCCCN1C(=O)C(=O)/C(=C(\O)c2ccc(OC(C)C)cc2)C1c1ccc(O)c(OC)c1. The van der Waals surface area contributed by atoms with E-state index in [1.54, 1.807) is 43.5 Å². The van der Waals surface area contributed by atoms with Crippen molar-refractivity contribution >= 4 is 17.4 Å². The number of methoxy groups -OCH3 is 2. The minimum absolute atomic E-state index is 0.00801. The molecular weight excluding hydrogens is 426 g/mol. The number of benzene rings is 2. The highest BCUT2D eigenvalue weighted by molar-refractivity contribution is 6.46. The number of nitrogens with zero attached hydrogens (tertiary/aromatic N) is 1. The van der Waals surface area contributed by atoms with Crippen LogP contribution in [0.2, 0.25) is 0 Å². The summed E-state index contributed by atoms with van der Waals surface area (Å²) in [7, 11) is 2.97. The molecule has 2 aromatic rings. The quantitative estimate of drug-likeness (QED) is 0.257. The Morgan fingerprint density at radius 3 is 2.39 bits per heavy atom. The minimum Gasteiger partial charge on any atom is -0.507 e. The summed E-state index contributed by atoms with van der Waals surface area (Å²) in [5.41, 5.74) is 0.891. The van der Waals surface area contributed by atoms with Crippen LogP contribution < -0.4 is 9.47 Å². The molecular formula is C25H29NO7. The van der Waals surface area contributed by atoms with Crippen LogP contribution >= 0.6 is 0 Å². The third-order valence-electron chi connectivity index (χ3n) is 5.31. The van der Waals surface area contributed by atoms with Gasteiger partial charge >= 0.3 is 0 Å². The number of phenols is 1. The Hall–Kier alpha value is -3.52. The van der Waals surface area contributed by atoms with Gasteiger partial charge in [-0.3, -0.25) is 9.59 Å². The fraction of sp³-hybridized carbons (Fsp3) is 0.360. The van der Waals surface area contributed by atoms with E-state index in [-0.39, 0.29) is 35.5 Å². The minimum atomic E-state index is -0.844. The summed E-state index contributed by atoms with van der Waals surface area (Å²) < 4.78 is 15.9. The fourth-order valence-electron chi connectivity index (χ4n) is 3.82. The molecule has 1 atom stereocenters. The monoisotopic (exact) mass is 455 g/mol. The molecule has 33 heavy (non-hydrogen) atoms. The number of rotatable bonds is 9. The third-order valence-corrected chi connectivity index (χ3v) is 5.31. The molecule has 1 amide bonds. The molecule has 0 radical (unpaired) electrons. The first kappa shape index (κ1) is 24.1. The van der Waals surface area contributed by atoms with E-state index in [2.05, 4.69) is 0 Å². The summed E-state index contributed by atoms with van der Waals surface area (Å²) in [5.74, 6) is -1.01. The average molecular weight is 456 g/mol. The zero-order chi connectivity index (χ0) is 24.1. The summed E-state index contributed by atoms with van der Waals surface area (Å²) in [6.07, 6.45) is 0.502. The number of ether oxygens (including phenoxy) is 3. The van der Waals surface area contributed by atoms with Gasteiger partial charge in [0.1, 0.15) is 11.5 Å². The Labute approximate surface area is 193 Å². The van der Waals surface area contributed by atoms with Gasteiger partial charge in [0.05, 0.1) is 24.8 Å². The molecule has 1 unspecified atom stereocenters. The van der Waals surface area contributed by atoms with Gasteiger partial charge in [0.2, 0.25) is 0 Å². The maximum atomic E-state index is 13.0. The van der Waals surface area contributed by atoms with Gasteiger partial charge in [0.15, 0.2) is 11.5 Å². The van der Waals surface area contributed by atoms with Crippen molar-refractivity contribution in [1.82, 2.24) is 4.90 Å². The number of carbonyl (C=O) groups is 2. The zero-order valence-electron chi connectivity index (χ0n) is 19.2. The Morgan fingerprint density at radius 2 is 1.79 bits per heavy atom. The molecule has 176 valence electrons. The highest BCUT2D eigenvalue weighted by atomic mass is 16.5. The van der Waals surface area contributed by atoms with Crippen molar-refractivity contribution in [3.8, 4) is 17.2 Å². The lowest BCUT2D eigenvalue weighted by Gasteiger charge is -2.25. The average Bonchev–Trinajstić information content (AvgIpc) is 3.04. The van der Waals surface area contributed by atoms with E-state index < -0.39 is 17.7 Å². The van der Waals surface area contributed by atoms with Crippen LogP contribution in [0.4, 0.5) is 0 Å². The van der Waals surface area contributed by atoms with Gasteiger partial charge in [0, 0.05) is 25.8 Å². The number of hydrogen-bond donors (Lipinski definition) is 2. The van der Waals surface area contributed by atoms with E-state index in [0.29, 0.717) is 29.9 Å². The van der Waals surface area contributed by atoms with Crippen molar-refractivity contribution in [3.05, 3.63) is 59.2 Å². The molecule has 0 aromatic heterocycles. The largest absolute Gasteiger partial charge is 0.507 e. The Bertz CT molecular complexity index is 1040. The van der Waals surface area contributed by atoms with Crippen molar-refractivity contribution in [1.29, 1.82) is 0 Å². The molecule has 0 bridgehead atoms. The molecule has 2 N–H and O–H groups in total. The third kappa shape index (κ3) is 5.12. The van der Waals surface area contributed by atoms with Crippen LogP contribution in [-0.4, -0.2) is 60.3 Å². The normalized spacial score (nSPS) is 17.6. The van der Waals surface area contributed by atoms with E-state index >= 15 is 0 Å². The van der Waals surface area contributed by atoms with Gasteiger partial charge < -0.3 is 29.3 Å². The lowest BCUT2D eigenvalue weighted by atomic mass is 9.95. The van der Waals surface area contributed by atoms with E-state index in [1.807, 2.05) is 13.8 Å². The summed E-state index contributed by atoms with van der Waals surface area (Å²) >= 11 is 0.